The van der Waals surface area contributed by atoms with E-state index < -0.39 is 0 Å². The van der Waals surface area contributed by atoms with Gasteiger partial charge in [0.25, 0.3) is 0 Å². The number of hydrogen-bond donors (Lipinski definition) is 0. The standard InChI is InChI=1S/C16H15Br2ClO/c1-3-20-15-7-4-11(9-14(15)18)16(19)13-6-5-12(17)8-10(13)2/h4-9,16H,3H2,1-2H3. The van der Waals surface area contributed by atoms with Crippen molar-refractivity contribution in [2.24, 2.45) is 0 Å². The molecule has 0 spiro atoms. The molecule has 4 heteroatoms. The molecule has 0 aliphatic heterocycles. The maximum atomic E-state index is 6.61. The van der Waals surface area contributed by atoms with E-state index in [4.69, 9.17) is 16.3 Å². The molecule has 0 aliphatic rings. The fourth-order valence-corrected chi connectivity index (χ4v) is 3.42. The summed E-state index contributed by atoms with van der Waals surface area (Å²) in [4.78, 5) is 0. The van der Waals surface area contributed by atoms with Crippen LogP contribution in [0.25, 0.3) is 0 Å². The first-order chi connectivity index (χ1) is 9.52. The first-order valence-corrected chi connectivity index (χ1v) is 8.37. The summed E-state index contributed by atoms with van der Waals surface area (Å²) in [5.41, 5.74) is 3.34. The third-order valence-corrected chi connectivity index (χ3v) is 4.65. The van der Waals surface area contributed by atoms with E-state index in [1.807, 2.05) is 31.2 Å². The molecule has 0 amide bonds. The molecule has 2 aromatic rings. The molecule has 0 heterocycles. The maximum absolute atomic E-state index is 6.61. The van der Waals surface area contributed by atoms with Crippen LogP contribution in [0.2, 0.25) is 0 Å². The average Bonchev–Trinajstić information content (AvgIpc) is 2.40. The molecule has 20 heavy (non-hydrogen) atoms. The smallest absolute Gasteiger partial charge is 0.133 e. The second-order valence-electron chi connectivity index (χ2n) is 4.49. The van der Waals surface area contributed by atoms with Crippen molar-refractivity contribution in [3.63, 3.8) is 0 Å². The number of hydrogen-bond acceptors (Lipinski definition) is 1. The zero-order valence-corrected chi connectivity index (χ0v) is 15.2. The van der Waals surface area contributed by atoms with Crippen molar-refractivity contribution in [3.05, 3.63) is 62.0 Å². The lowest BCUT2D eigenvalue weighted by Crippen LogP contribution is -1.98. The third kappa shape index (κ3) is 3.57. The van der Waals surface area contributed by atoms with E-state index in [0.717, 1.165) is 25.8 Å². The van der Waals surface area contributed by atoms with Crippen molar-refractivity contribution in [1.82, 2.24) is 0 Å². The summed E-state index contributed by atoms with van der Waals surface area (Å²) in [5, 5.41) is -0.171. The van der Waals surface area contributed by atoms with Gasteiger partial charge in [0.1, 0.15) is 5.75 Å². The largest absolute Gasteiger partial charge is 0.493 e. The van der Waals surface area contributed by atoms with Gasteiger partial charge >= 0.3 is 0 Å². The number of rotatable bonds is 4. The van der Waals surface area contributed by atoms with Crippen LogP contribution in [0.4, 0.5) is 0 Å². The van der Waals surface area contributed by atoms with E-state index in [1.165, 1.54) is 5.56 Å². The molecule has 0 aromatic heterocycles. The minimum Gasteiger partial charge on any atom is -0.493 e. The minimum absolute atomic E-state index is 0.171. The summed E-state index contributed by atoms with van der Waals surface area (Å²) >= 11 is 13.6. The van der Waals surface area contributed by atoms with Gasteiger partial charge in [-0.3, -0.25) is 0 Å². The monoisotopic (exact) mass is 416 g/mol. The zero-order chi connectivity index (χ0) is 14.7. The first kappa shape index (κ1) is 15.9. The summed E-state index contributed by atoms with van der Waals surface area (Å²) in [5.74, 6) is 0.840. The fraction of sp³-hybridized carbons (Fsp3) is 0.250. The minimum atomic E-state index is -0.171. The highest BCUT2D eigenvalue weighted by Gasteiger charge is 2.15. The van der Waals surface area contributed by atoms with E-state index in [0.29, 0.717) is 6.61 Å². The van der Waals surface area contributed by atoms with Gasteiger partial charge in [0, 0.05) is 4.47 Å². The Bertz CT molecular complexity index is 613. The Morgan fingerprint density at radius 3 is 2.50 bits per heavy atom. The quantitative estimate of drug-likeness (QED) is 0.534. The summed E-state index contributed by atoms with van der Waals surface area (Å²) in [7, 11) is 0. The van der Waals surface area contributed by atoms with Crippen LogP contribution in [0.5, 0.6) is 5.75 Å². The van der Waals surface area contributed by atoms with E-state index >= 15 is 0 Å². The van der Waals surface area contributed by atoms with Crippen molar-refractivity contribution in [2.45, 2.75) is 19.2 Å². The molecule has 0 saturated carbocycles. The average molecular weight is 419 g/mol. The van der Waals surface area contributed by atoms with Gasteiger partial charge in [-0.25, -0.2) is 0 Å². The van der Waals surface area contributed by atoms with Crippen LogP contribution in [0.15, 0.2) is 45.3 Å². The molecule has 0 aliphatic carbocycles. The number of halogens is 3. The first-order valence-electron chi connectivity index (χ1n) is 6.35. The fourth-order valence-electron chi connectivity index (χ4n) is 2.05. The lowest BCUT2D eigenvalue weighted by Gasteiger charge is -2.15. The predicted octanol–water partition coefficient (Wildman–Crippen LogP) is 6.25. The second kappa shape index (κ2) is 6.97. The predicted molar refractivity (Wildman–Crippen MR) is 91.9 cm³/mol. The molecule has 1 nitrogen and oxygen atoms in total. The molecule has 0 bridgehead atoms. The lowest BCUT2D eigenvalue weighted by atomic mass is 10.00. The van der Waals surface area contributed by atoms with E-state index in [9.17, 15) is 0 Å². The summed E-state index contributed by atoms with van der Waals surface area (Å²) in [6, 6.07) is 12.1. The Kier molecular flexibility index (Phi) is 5.53. The summed E-state index contributed by atoms with van der Waals surface area (Å²) in [6.07, 6.45) is 0. The molecular weight excluding hydrogens is 403 g/mol. The van der Waals surface area contributed by atoms with Gasteiger partial charge in [0.15, 0.2) is 0 Å². The Morgan fingerprint density at radius 1 is 1.15 bits per heavy atom. The topological polar surface area (TPSA) is 9.23 Å². The third-order valence-electron chi connectivity index (χ3n) is 3.05. The number of alkyl halides is 1. The van der Waals surface area contributed by atoms with E-state index in [-0.39, 0.29) is 5.38 Å². The normalized spacial score (nSPS) is 12.2. The van der Waals surface area contributed by atoms with Crippen LogP contribution >= 0.6 is 43.5 Å². The number of benzene rings is 2. The van der Waals surface area contributed by atoms with Crippen molar-refractivity contribution < 1.29 is 4.74 Å². The van der Waals surface area contributed by atoms with Gasteiger partial charge in [-0.1, -0.05) is 28.1 Å². The van der Waals surface area contributed by atoms with Gasteiger partial charge in [0.05, 0.1) is 16.5 Å². The molecule has 2 aromatic carbocycles. The van der Waals surface area contributed by atoms with Crippen molar-refractivity contribution in [2.75, 3.05) is 6.61 Å². The van der Waals surface area contributed by atoms with Gasteiger partial charge in [0.2, 0.25) is 0 Å². The Balaban J connectivity index is 2.33. The maximum Gasteiger partial charge on any atom is 0.133 e. The number of aryl methyl sites for hydroxylation is 1. The van der Waals surface area contributed by atoms with E-state index in [1.54, 1.807) is 0 Å². The lowest BCUT2D eigenvalue weighted by molar-refractivity contribution is 0.338. The summed E-state index contributed by atoms with van der Waals surface area (Å²) < 4.78 is 7.51. The van der Waals surface area contributed by atoms with Crippen LogP contribution in [0.3, 0.4) is 0 Å². The molecule has 0 radical (unpaired) electrons. The Hall–Kier alpha value is -0.510. The summed E-state index contributed by atoms with van der Waals surface area (Å²) in [6.45, 7) is 4.68. The molecular formula is C16H15Br2ClO. The Labute approximate surface area is 141 Å². The molecule has 0 saturated heterocycles. The van der Waals surface area contributed by atoms with Crippen molar-refractivity contribution in [1.29, 1.82) is 0 Å². The highest BCUT2D eigenvalue weighted by Crippen LogP contribution is 2.36. The number of ether oxygens (including phenoxy) is 1. The van der Waals surface area contributed by atoms with Crippen molar-refractivity contribution >= 4 is 43.5 Å². The Morgan fingerprint density at radius 2 is 1.90 bits per heavy atom. The van der Waals surface area contributed by atoms with Crippen LogP contribution in [0, 0.1) is 6.92 Å². The van der Waals surface area contributed by atoms with Gasteiger partial charge in [-0.15, -0.1) is 11.6 Å². The van der Waals surface area contributed by atoms with Gasteiger partial charge < -0.3 is 4.74 Å². The van der Waals surface area contributed by atoms with Crippen molar-refractivity contribution in [3.8, 4) is 5.75 Å². The molecule has 0 fully saturated rings. The second-order valence-corrected chi connectivity index (χ2v) is 6.69. The van der Waals surface area contributed by atoms with Gasteiger partial charge in [-0.2, -0.15) is 0 Å². The molecule has 2 rings (SSSR count). The highest BCUT2D eigenvalue weighted by molar-refractivity contribution is 9.10. The molecule has 1 atom stereocenters. The highest BCUT2D eigenvalue weighted by atomic mass is 79.9. The SMILES string of the molecule is CCOc1ccc(C(Cl)c2ccc(Br)cc2C)cc1Br. The van der Waals surface area contributed by atoms with Crippen LogP contribution in [-0.2, 0) is 0 Å². The van der Waals surface area contributed by atoms with E-state index in [2.05, 4.69) is 50.9 Å². The van der Waals surface area contributed by atoms with Crippen LogP contribution in [0.1, 0.15) is 29.0 Å². The van der Waals surface area contributed by atoms with Crippen LogP contribution in [-0.4, -0.2) is 6.61 Å². The van der Waals surface area contributed by atoms with Crippen LogP contribution < -0.4 is 4.74 Å². The van der Waals surface area contributed by atoms with Gasteiger partial charge in [-0.05, 0) is 70.7 Å². The molecule has 1 unspecified atom stereocenters. The zero-order valence-electron chi connectivity index (χ0n) is 11.3. The molecule has 0 N–H and O–H groups in total. The molecule has 106 valence electrons.